The van der Waals surface area contributed by atoms with Crippen LogP contribution < -0.4 is 11.1 Å². The minimum absolute atomic E-state index is 0. The summed E-state index contributed by atoms with van der Waals surface area (Å²) in [6.45, 7) is 3.10. The second kappa shape index (κ2) is 11.4. The highest BCUT2D eigenvalue weighted by Crippen LogP contribution is 2.29. The van der Waals surface area contributed by atoms with Crippen LogP contribution in [-0.2, 0) is 22.2 Å². The molecule has 1 aromatic carbocycles. The molecule has 1 aromatic rings. The number of carbonyl (C=O) groups is 2. The van der Waals surface area contributed by atoms with Crippen molar-refractivity contribution in [3.63, 3.8) is 0 Å². The molecule has 2 amide bonds. The molecule has 2 unspecified atom stereocenters. The maximum atomic E-state index is 12.9. The number of nitrogens with two attached hydrogens (primary N) is 1. The van der Waals surface area contributed by atoms with Crippen molar-refractivity contribution in [2.75, 3.05) is 19.6 Å². The molecule has 0 aromatic heterocycles. The predicted octanol–water partition coefficient (Wildman–Crippen LogP) is 3.15. The van der Waals surface area contributed by atoms with Crippen LogP contribution in [0.5, 0.6) is 0 Å². The number of hydrogen-bond acceptors (Lipinski definition) is 3. The fraction of sp³-hybridized carbons (Fsp3) is 0.600. The highest BCUT2D eigenvalue weighted by Gasteiger charge is 2.31. The maximum absolute atomic E-state index is 12.9. The van der Waals surface area contributed by atoms with Gasteiger partial charge in [0, 0.05) is 38.0 Å². The van der Waals surface area contributed by atoms with Crippen LogP contribution in [-0.4, -0.2) is 42.4 Å². The Labute approximate surface area is 175 Å². The summed E-state index contributed by atoms with van der Waals surface area (Å²) in [7, 11) is 0. The summed E-state index contributed by atoms with van der Waals surface area (Å²) >= 11 is 0. The zero-order valence-corrected chi connectivity index (χ0v) is 17.3. The average molecular weight is 436 g/mol. The van der Waals surface area contributed by atoms with E-state index in [1.807, 2.05) is 0 Å². The van der Waals surface area contributed by atoms with Crippen molar-refractivity contribution in [3.05, 3.63) is 35.4 Å². The number of nitrogens with one attached hydrogen (secondary N) is 1. The average Bonchev–Trinajstić information content (AvgIpc) is 2.66. The zero-order chi connectivity index (χ0) is 20.7. The van der Waals surface area contributed by atoms with Crippen molar-refractivity contribution in [2.24, 2.45) is 11.7 Å². The molecule has 0 saturated carbocycles. The second-order valence-corrected chi connectivity index (χ2v) is 7.32. The first kappa shape index (κ1) is 25.2. The number of alkyl halides is 3. The van der Waals surface area contributed by atoms with E-state index in [0.717, 1.165) is 31.4 Å². The molecule has 9 heteroatoms. The smallest absolute Gasteiger partial charge is 0.354 e. The SMILES string of the molecule is CC(Cc1ccc(C(F)(F)F)cc1)C(=O)N1CCCCC1CNC(=O)CCN.Cl. The van der Waals surface area contributed by atoms with E-state index in [0.29, 0.717) is 25.1 Å². The number of nitrogens with zero attached hydrogens (tertiary/aromatic N) is 1. The Balaban J connectivity index is 0.00000420. The normalized spacial score (nSPS) is 18.0. The lowest BCUT2D eigenvalue weighted by molar-refractivity contribution is -0.139. The van der Waals surface area contributed by atoms with E-state index in [1.165, 1.54) is 12.1 Å². The van der Waals surface area contributed by atoms with Crippen molar-refractivity contribution >= 4 is 24.2 Å². The van der Waals surface area contributed by atoms with Crippen LogP contribution >= 0.6 is 12.4 Å². The van der Waals surface area contributed by atoms with E-state index in [9.17, 15) is 22.8 Å². The first-order valence-electron chi connectivity index (χ1n) is 9.65. The van der Waals surface area contributed by atoms with E-state index in [1.54, 1.807) is 11.8 Å². The molecule has 2 rings (SSSR count). The number of amides is 2. The van der Waals surface area contributed by atoms with Crippen molar-refractivity contribution in [3.8, 4) is 0 Å². The van der Waals surface area contributed by atoms with E-state index >= 15 is 0 Å². The lowest BCUT2D eigenvalue weighted by Gasteiger charge is -2.37. The highest BCUT2D eigenvalue weighted by atomic mass is 35.5. The molecule has 1 heterocycles. The van der Waals surface area contributed by atoms with E-state index in [4.69, 9.17) is 5.73 Å². The Hall–Kier alpha value is -1.80. The van der Waals surface area contributed by atoms with Gasteiger partial charge in [-0.25, -0.2) is 0 Å². The molecule has 1 aliphatic rings. The number of hydrogen-bond donors (Lipinski definition) is 2. The first-order valence-corrected chi connectivity index (χ1v) is 9.65. The number of rotatable bonds is 7. The van der Waals surface area contributed by atoms with Crippen LogP contribution in [0.25, 0.3) is 0 Å². The number of halogens is 4. The molecule has 164 valence electrons. The predicted molar refractivity (Wildman–Crippen MR) is 108 cm³/mol. The number of piperidine rings is 1. The van der Waals surface area contributed by atoms with E-state index < -0.39 is 11.7 Å². The second-order valence-electron chi connectivity index (χ2n) is 7.32. The first-order chi connectivity index (χ1) is 13.2. The summed E-state index contributed by atoms with van der Waals surface area (Å²) in [5.41, 5.74) is 5.37. The fourth-order valence-electron chi connectivity index (χ4n) is 3.51. The van der Waals surface area contributed by atoms with Crippen LogP contribution in [0.1, 0.15) is 43.7 Å². The third kappa shape index (κ3) is 7.51. The molecule has 0 bridgehead atoms. The summed E-state index contributed by atoms with van der Waals surface area (Å²) in [6, 6.07) is 4.88. The van der Waals surface area contributed by atoms with Gasteiger partial charge in [-0.15, -0.1) is 12.4 Å². The summed E-state index contributed by atoms with van der Waals surface area (Å²) in [6.07, 6.45) is -1.01. The molecule has 0 radical (unpaired) electrons. The van der Waals surface area contributed by atoms with Crippen LogP contribution in [0.3, 0.4) is 0 Å². The molecule has 0 spiro atoms. The molecule has 2 atom stereocenters. The van der Waals surface area contributed by atoms with Crippen LogP contribution in [0.4, 0.5) is 13.2 Å². The van der Waals surface area contributed by atoms with Gasteiger partial charge < -0.3 is 16.0 Å². The monoisotopic (exact) mass is 435 g/mol. The van der Waals surface area contributed by atoms with Crippen LogP contribution in [0.2, 0.25) is 0 Å². The molecular formula is C20H29ClF3N3O2. The summed E-state index contributed by atoms with van der Waals surface area (Å²) in [4.78, 5) is 26.4. The van der Waals surface area contributed by atoms with Crippen LogP contribution in [0, 0.1) is 5.92 Å². The minimum atomic E-state index is -4.37. The molecule has 1 saturated heterocycles. The third-order valence-electron chi connectivity index (χ3n) is 5.06. The zero-order valence-electron chi connectivity index (χ0n) is 16.5. The molecule has 3 N–H and O–H groups in total. The van der Waals surface area contributed by atoms with E-state index in [-0.39, 0.29) is 49.1 Å². The van der Waals surface area contributed by atoms with Gasteiger partial charge in [-0.3, -0.25) is 9.59 Å². The molecule has 1 aliphatic heterocycles. The van der Waals surface area contributed by atoms with Gasteiger partial charge in [-0.1, -0.05) is 19.1 Å². The van der Waals surface area contributed by atoms with Crippen molar-refractivity contribution in [2.45, 2.75) is 51.2 Å². The highest BCUT2D eigenvalue weighted by molar-refractivity contribution is 5.85. The van der Waals surface area contributed by atoms with Gasteiger partial charge in [0.05, 0.1) is 5.56 Å². The molecule has 5 nitrogen and oxygen atoms in total. The number of likely N-dealkylation sites (tertiary alicyclic amines) is 1. The standard InChI is InChI=1S/C20H28F3N3O2.ClH/c1-14(12-15-5-7-16(8-6-15)20(21,22)23)19(28)26-11-3-2-4-17(26)13-25-18(27)9-10-24;/h5-8,14,17H,2-4,9-13,24H2,1H3,(H,25,27);1H. The number of benzene rings is 1. The minimum Gasteiger partial charge on any atom is -0.354 e. The largest absolute Gasteiger partial charge is 0.416 e. The van der Waals surface area contributed by atoms with Gasteiger partial charge in [0.25, 0.3) is 0 Å². The van der Waals surface area contributed by atoms with Gasteiger partial charge in [-0.05, 0) is 43.4 Å². The van der Waals surface area contributed by atoms with Gasteiger partial charge in [0.2, 0.25) is 11.8 Å². The van der Waals surface area contributed by atoms with Gasteiger partial charge in [-0.2, -0.15) is 13.2 Å². The summed E-state index contributed by atoms with van der Waals surface area (Å²) < 4.78 is 38.0. The van der Waals surface area contributed by atoms with Crippen molar-refractivity contribution in [1.82, 2.24) is 10.2 Å². The van der Waals surface area contributed by atoms with Gasteiger partial charge >= 0.3 is 6.18 Å². The molecule has 29 heavy (non-hydrogen) atoms. The lowest BCUT2D eigenvalue weighted by atomic mass is 9.95. The van der Waals surface area contributed by atoms with Gasteiger partial charge in [0.15, 0.2) is 0 Å². The lowest BCUT2D eigenvalue weighted by Crippen LogP contribution is -2.51. The van der Waals surface area contributed by atoms with Crippen molar-refractivity contribution in [1.29, 1.82) is 0 Å². The number of carbonyl (C=O) groups excluding carboxylic acids is 2. The third-order valence-corrected chi connectivity index (χ3v) is 5.06. The quantitative estimate of drug-likeness (QED) is 0.690. The Morgan fingerprint density at radius 3 is 2.48 bits per heavy atom. The van der Waals surface area contributed by atoms with Crippen LogP contribution in [0.15, 0.2) is 24.3 Å². The topological polar surface area (TPSA) is 75.4 Å². The van der Waals surface area contributed by atoms with Gasteiger partial charge in [0.1, 0.15) is 0 Å². The molecule has 0 aliphatic carbocycles. The van der Waals surface area contributed by atoms with E-state index in [2.05, 4.69) is 5.32 Å². The Kier molecular flexibility index (Phi) is 9.92. The molecule has 1 fully saturated rings. The maximum Gasteiger partial charge on any atom is 0.416 e. The Bertz CT molecular complexity index is 668. The Morgan fingerprint density at radius 1 is 1.24 bits per heavy atom. The summed E-state index contributed by atoms with van der Waals surface area (Å²) in [5.74, 6) is -0.506. The summed E-state index contributed by atoms with van der Waals surface area (Å²) in [5, 5.41) is 2.83. The fourth-order valence-corrected chi connectivity index (χ4v) is 3.51. The molecular weight excluding hydrogens is 407 g/mol. The Morgan fingerprint density at radius 2 is 1.90 bits per heavy atom. The van der Waals surface area contributed by atoms with Crippen molar-refractivity contribution < 1.29 is 22.8 Å².